The maximum absolute atomic E-state index is 10.6. The molecule has 3 nitrogen and oxygen atoms in total. The molecule has 0 saturated heterocycles. The molecular weight excluding hydrogens is 130 g/mol. The van der Waals surface area contributed by atoms with Crippen molar-refractivity contribution in [2.24, 2.45) is 0 Å². The van der Waals surface area contributed by atoms with Gasteiger partial charge in [-0.05, 0) is 12.5 Å². The van der Waals surface area contributed by atoms with E-state index < -0.39 is 5.91 Å². The highest BCUT2D eigenvalue weighted by molar-refractivity contribution is 5.85. The van der Waals surface area contributed by atoms with Crippen LogP contribution in [0.4, 0.5) is 0 Å². The van der Waals surface area contributed by atoms with Gasteiger partial charge in [-0.1, -0.05) is 19.9 Å². The van der Waals surface area contributed by atoms with Crippen LogP contribution in [0.2, 0.25) is 0 Å². The first-order valence-electron chi connectivity index (χ1n) is 3.35. The number of unbranched alkanes of at least 4 members (excludes halogenated alkanes) is 1. The zero-order chi connectivity index (χ0) is 7.98. The summed E-state index contributed by atoms with van der Waals surface area (Å²) in [6, 6.07) is 0. The summed E-state index contributed by atoms with van der Waals surface area (Å²) in [4.78, 5) is 10.6. The second kappa shape index (κ2) is 4.99. The molecule has 0 spiro atoms. The van der Waals surface area contributed by atoms with E-state index in [2.05, 4.69) is 6.58 Å². The van der Waals surface area contributed by atoms with Gasteiger partial charge in [-0.3, -0.25) is 10.0 Å². The van der Waals surface area contributed by atoms with Gasteiger partial charge in [-0.15, -0.1) is 0 Å². The molecule has 0 aliphatic rings. The molecule has 0 heterocycles. The van der Waals surface area contributed by atoms with Crippen LogP contribution in [0.3, 0.4) is 0 Å². The Morgan fingerprint density at radius 3 is 2.80 bits per heavy atom. The number of hydrogen-bond donors (Lipinski definition) is 1. The first-order valence-corrected chi connectivity index (χ1v) is 3.35. The Bertz CT molecular complexity index is 123. The number of carbonyl (C=O) groups is 1. The molecule has 1 N–H and O–H groups in total. The van der Waals surface area contributed by atoms with E-state index in [9.17, 15) is 4.79 Å². The normalized spacial score (nSPS) is 9.00. The Morgan fingerprint density at radius 2 is 2.40 bits per heavy atom. The lowest BCUT2D eigenvalue weighted by atomic mass is 10.3. The molecule has 0 radical (unpaired) electrons. The van der Waals surface area contributed by atoms with Crippen molar-refractivity contribution in [2.45, 2.75) is 19.8 Å². The first kappa shape index (κ1) is 9.17. The van der Waals surface area contributed by atoms with Crippen molar-refractivity contribution in [1.29, 1.82) is 0 Å². The fourth-order valence-corrected chi connectivity index (χ4v) is 0.523. The highest BCUT2D eigenvalue weighted by atomic mass is 16.5. The van der Waals surface area contributed by atoms with Crippen LogP contribution in [0.5, 0.6) is 0 Å². The molecule has 0 rings (SSSR count). The number of hydrogen-bond acceptors (Lipinski definition) is 2. The second-order valence-electron chi connectivity index (χ2n) is 2.02. The van der Waals surface area contributed by atoms with Crippen molar-refractivity contribution in [3.63, 3.8) is 0 Å². The number of amides is 1. The summed E-state index contributed by atoms with van der Waals surface area (Å²) in [5, 5.41) is 9.54. The van der Waals surface area contributed by atoms with Crippen molar-refractivity contribution in [2.75, 3.05) is 6.54 Å². The molecule has 1 amide bonds. The Morgan fingerprint density at radius 1 is 1.80 bits per heavy atom. The van der Waals surface area contributed by atoms with Crippen LogP contribution in [-0.2, 0) is 4.79 Å². The predicted octanol–water partition coefficient (Wildman–Crippen LogP) is 1.19. The molecule has 0 aromatic rings. The van der Waals surface area contributed by atoms with E-state index in [1.807, 2.05) is 6.92 Å². The summed E-state index contributed by atoms with van der Waals surface area (Å²) >= 11 is 0. The smallest absolute Gasteiger partial charge is 0.269 e. The fraction of sp³-hybridized carbons (Fsp3) is 0.571. The summed E-state index contributed by atoms with van der Waals surface area (Å²) in [6.45, 7) is 5.62. The minimum atomic E-state index is -0.437. The van der Waals surface area contributed by atoms with Crippen LogP contribution < -0.4 is 0 Å². The molecule has 0 fully saturated rings. The minimum Gasteiger partial charge on any atom is -0.286 e. The van der Waals surface area contributed by atoms with Crippen LogP contribution in [0, 0.1) is 0 Å². The molecule has 0 aliphatic heterocycles. The highest BCUT2D eigenvalue weighted by Gasteiger charge is 2.03. The van der Waals surface area contributed by atoms with Gasteiger partial charge in [0.15, 0.2) is 0 Å². The molecular formula is C7H13NO2. The maximum Gasteiger partial charge on any atom is 0.269 e. The van der Waals surface area contributed by atoms with E-state index in [4.69, 9.17) is 5.21 Å². The SMILES string of the molecule is C=CC(=O)N(O)CCCC. The number of hydroxylamine groups is 2. The third kappa shape index (κ3) is 3.25. The first-order chi connectivity index (χ1) is 4.72. The third-order valence-corrected chi connectivity index (χ3v) is 1.15. The lowest BCUT2D eigenvalue weighted by Gasteiger charge is -2.10. The molecule has 0 aromatic heterocycles. The lowest BCUT2D eigenvalue weighted by Crippen LogP contribution is -2.26. The van der Waals surface area contributed by atoms with E-state index in [-0.39, 0.29) is 0 Å². The van der Waals surface area contributed by atoms with Gasteiger partial charge in [-0.2, -0.15) is 0 Å². The van der Waals surface area contributed by atoms with Crippen LogP contribution in [0.15, 0.2) is 12.7 Å². The van der Waals surface area contributed by atoms with Gasteiger partial charge in [0.05, 0.1) is 0 Å². The van der Waals surface area contributed by atoms with Crippen LogP contribution >= 0.6 is 0 Å². The van der Waals surface area contributed by atoms with Gasteiger partial charge in [0.25, 0.3) is 5.91 Å². The number of rotatable bonds is 4. The number of nitrogens with zero attached hydrogens (tertiary/aromatic N) is 1. The molecule has 0 unspecified atom stereocenters. The molecule has 0 saturated carbocycles. The zero-order valence-electron chi connectivity index (χ0n) is 6.21. The molecule has 0 bridgehead atoms. The standard InChI is InChI=1S/C7H13NO2/c1-3-5-6-8(10)7(9)4-2/h4,10H,2-3,5-6H2,1H3. The average Bonchev–Trinajstić information content (AvgIpc) is 1.98. The molecule has 0 atom stereocenters. The summed E-state index contributed by atoms with van der Waals surface area (Å²) in [7, 11) is 0. The summed E-state index contributed by atoms with van der Waals surface area (Å²) in [6.07, 6.45) is 2.87. The molecule has 0 aromatic carbocycles. The van der Waals surface area contributed by atoms with Crippen molar-refractivity contribution in [1.82, 2.24) is 5.06 Å². The van der Waals surface area contributed by atoms with Crippen LogP contribution in [0.25, 0.3) is 0 Å². The van der Waals surface area contributed by atoms with E-state index in [1.54, 1.807) is 0 Å². The van der Waals surface area contributed by atoms with Gasteiger partial charge in [-0.25, -0.2) is 5.06 Å². The molecule has 3 heteroatoms. The topological polar surface area (TPSA) is 40.5 Å². The van der Waals surface area contributed by atoms with Crippen molar-refractivity contribution < 1.29 is 10.0 Å². The molecule has 10 heavy (non-hydrogen) atoms. The fourth-order valence-electron chi connectivity index (χ4n) is 0.523. The third-order valence-electron chi connectivity index (χ3n) is 1.15. The minimum absolute atomic E-state index is 0.390. The molecule has 58 valence electrons. The Balaban J connectivity index is 3.51. The van der Waals surface area contributed by atoms with E-state index in [1.165, 1.54) is 0 Å². The monoisotopic (exact) mass is 143 g/mol. The average molecular weight is 143 g/mol. The van der Waals surface area contributed by atoms with Gasteiger partial charge in [0.1, 0.15) is 0 Å². The Labute approximate surface area is 60.9 Å². The van der Waals surface area contributed by atoms with Gasteiger partial charge in [0.2, 0.25) is 0 Å². The van der Waals surface area contributed by atoms with Gasteiger partial charge < -0.3 is 0 Å². The lowest BCUT2D eigenvalue weighted by molar-refractivity contribution is -0.159. The van der Waals surface area contributed by atoms with E-state index >= 15 is 0 Å². The largest absolute Gasteiger partial charge is 0.286 e. The predicted molar refractivity (Wildman–Crippen MR) is 38.6 cm³/mol. The Hall–Kier alpha value is -0.830. The Kier molecular flexibility index (Phi) is 4.58. The highest BCUT2D eigenvalue weighted by Crippen LogP contribution is 1.91. The maximum atomic E-state index is 10.6. The van der Waals surface area contributed by atoms with Crippen molar-refractivity contribution in [3.8, 4) is 0 Å². The number of carbonyl (C=O) groups excluding carboxylic acids is 1. The van der Waals surface area contributed by atoms with Gasteiger partial charge in [0, 0.05) is 6.54 Å². The summed E-state index contributed by atoms with van der Waals surface area (Å²) in [5.74, 6) is -0.437. The van der Waals surface area contributed by atoms with Gasteiger partial charge >= 0.3 is 0 Å². The second-order valence-corrected chi connectivity index (χ2v) is 2.02. The quantitative estimate of drug-likeness (QED) is 0.365. The van der Waals surface area contributed by atoms with Crippen molar-refractivity contribution >= 4 is 5.91 Å². The summed E-state index contributed by atoms with van der Waals surface area (Å²) < 4.78 is 0. The molecule has 0 aliphatic carbocycles. The van der Waals surface area contributed by atoms with Crippen LogP contribution in [0.1, 0.15) is 19.8 Å². The summed E-state index contributed by atoms with van der Waals surface area (Å²) in [5.41, 5.74) is 0. The van der Waals surface area contributed by atoms with Crippen LogP contribution in [-0.4, -0.2) is 22.7 Å². The van der Waals surface area contributed by atoms with Crippen molar-refractivity contribution in [3.05, 3.63) is 12.7 Å². The zero-order valence-corrected chi connectivity index (χ0v) is 6.21. The van der Waals surface area contributed by atoms with E-state index in [0.717, 1.165) is 18.9 Å². The van der Waals surface area contributed by atoms with E-state index in [0.29, 0.717) is 11.6 Å².